The van der Waals surface area contributed by atoms with Gasteiger partial charge in [-0.1, -0.05) is 13.8 Å². The highest BCUT2D eigenvalue weighted by atomic mass is 32.1. The van der Waals surface area contributed by atoms with Gasteiger partial charge in [-0.05, 0) is 64.8 Å². The summed E-state index contributed by atoms with van der Waals surface area (Å²) in [5.74, 6) is -5.13. The number of aliphatic carboxylic acids is 1. The van der Waals surface area contributed by atoms with Crippen LogP contribution in [0.4, 0.5) is 0 Å². The van der Waals surface area contributed by atoms with Gasteiger partial charge in [-0.25, -0.2) is 4.79 Å². The Labute approximate surface area is 269 Å². The van der Waals surface area contributed by atoms with Crippen molar-refractivity contribution >= 4 is 54.1 Å². The van der Waals surface area contributed by atoms with Gasteiger partial charge in [0, 0.05) is 12.3 Å². The molecule has 0 aliphatic carbocycles. The van der Waals surface area contributed by atoms with E-state index in [2.05, 4.69) is 44.5 Å². The zero-order chi connectivity index (χ0) is 34.7. The second-order valence-electron chi connectivity index (χ2n) is 11.2. The molecule has 0 unspecified atom stereocenters. The average molecular weight is 661 g/mol. The SMILES string of the molecule is CC(C)C[C@H](NC(=O)[C@H](C)NC(=O)[C@H](CCCCN)NC(=O)[C@H](C)N)C(=O)N[C@@H](CCCNC(=N)N)C(=O)N[C@@H](CS)C(=O)O. The predicted molar refractivity (Wildman–Crippen MR) is 172 cm³/mol. The van der Waals surface area contributed by atoms with E-state index in [4.69, 9.17) is 22.6 Å². The van der Waals surface area contributed by atoms with Gasteiger partial charge >= 0.3 is 5.97 Å². The van der Waals surface area contributed by atoms with Gasteiger partial charge in [-0.2, -0.15) is 12.6 Å². The molecule has 45 heavy (non-hydrogen) atoms. The lowest BCUT2D eigenvalue weighted by Gasteiger charge is -2.27. The number of nitrogens with two attached hydrogens (primary N) is 3. The number of carboxylic acid groups (broad SMARTS) is 1. The number of amides is 5. The van der Waals surface area contributed by atoms with E-state index in [1.54, 1.807) is 0 Å². The van der Waals surface area contributed by atoms with E-state index >= 15 is 0 Å². The van der Waals surface area contributed by atoms with Crippen molar-refractivity contribution in [3.63, 3.8) is 0 Å². The Kier molecular flexibility index (Phi) is 20.2. The Hall–Kier alpha value is -3.64. The smallest absolute Gasteiger partial charge is 0.327 e. The van der Waals surface area contributed by atoms with Gasteiger partial charge < -0.3 is 54.2 Å². The molecule has 0 saturated heterocycles. The van der Waals surface area contributed by atoms with Crippen molar-refractivity contribution in [1.82, 2.24) is 31.9 Å². The standard InChI is InChI=1S/C27H52N10O7S/c1-14(2)12-19(25(42)35-18(9-7-11-32-27(30)31)24(41)37-20(13-45)26(43)44)36-22(39)16(4)33-23(40)17(8-5-6-10-28)34-21(38)15(3)29/h14-20,45H,5-13,28-29H2,1-4H3,(H,33,40)(H,34,38)(H,35,42)(H,36,39)(H,37,41)(H,43,44)(H4,30,31,32)/t15-,16-,17-,18-,19-,20-/m0/s1. The van der Waals surface area contributed by atoms with Crippen LogP contribution < -0.4 is 49.1 Å². The largest absolute Gasteiger partial charge is 0.480 e. The topological polar surface area (TPSA) is 297 Å². The second kappa shape index (κ2) is 22.0. The first kappa shape index (κ1) is 41.4. The number of guanidine groups is 1. The van der Waals surface area contributed by atoms with E-state index in [1.807, 2.05) is 13.8 Å². The lowest BCUT2D eigenvalue weighted by Crippen LogP contribution is -2.59. The Morgan fingerprint density at radius 2 is 1.22 bits per heavy atom. The average Bonchev–Trinajstić information content (AvgIpc) is 2.95. The van der Waals surface area contributed by atoms with Crippen LogP contribution in [-0.4, -0.2) is 102 Å². The molecular weight excluding hydrogens is 608 g/mol. The van der Waals surface area contributed by atoms with Crippen molar-refractivity contribution in [2.24, 2.45) is 23.1 Å². The molecule has 17 nitrogen and oxygen atoms in total. The van der Waals surface area contributed by atoms with Gasteiger partial charge in [0.25, 0.3) is 0 Å². The normalized spacial score (nSPS) is 14.9. The minimum absolute atomic E-state index is 0.0598. The Morgan fingerprint density at radius 1 is 0.733 bits per heavy atom. The third-order valence-corrected chi connectivity index (χ3v) is 6.87. The summed E-state index contributed by atoms with van der Waals surface area (Å²) in [7, 11) is 0. The lowest BCUT2D eigenvalue weighted by atomic mass is 10.0. The molecule has 0 saturated carbocycles. The summed E-state index contributed by atoms with van der Waals surface area (Å²) in [6, 6.07) is -6.50. The lowest BCUT2D eigenvalue weighted by molar-refractivity contribution is -0.141. The zero-order valence-electron chi connectivity index (χ0n) is 26.5. The van der Waals surface area contributed by atoms with Gasteiger partial charge in [0.1, 0.15) is 30.2 Å². The minimum Gasteiger partial charge on any atom is -0.480 e. The number of hydrogen-bond acceptors (Lipinski definition) is 10. The number of unbranched alkanes of at least 4 members (excludes halogenated alkanes) is 1. The molecule has 0 aromatic carbocycles. The first-order chi connectivity index (χ1) is 21.0. The molecule has 258 valence electrons. The molecule has 0 rings (SSSR count). The zero-order valence-corrected chi connectivity index (χ0v) is 27.4. The van der Waals surface area contributed by atoms with Crippen molar-refractivity contribution in [1.29, 1.82) is 5.41 Å². The molecule has 5 amide bonds. The fraction of sp³-hybridized carbons (Fsp3) is 0.741. The van der Waals surface area contributed by atoms with Crippen LogP contribution >= 0.6 is 12.6 Å². The molecule has 0 spiro atoms. The van der Waals surface area contributed by atoms with Crippen LogP contribution in [0.3, 0.4) is 0 Å². The van der Waals surface area contributed by atoms with Crippen LogP contribution in [0.1, 0.15) is 66.2 Å². The third-order valence-electron chi connectivity index (χ3n) is 6.50. The van der Waals surface area contributed by atoms with Crippen LogP contribution in [0.25, 0.3) is 0 Å². The maximum Gasteiger partial charge on any atom is 0.327 e. The number of hydrogen-bond donors (Lipinski definition) is 12. The van der Waals surface area contributed by atoms with Crippen molar-refractivity contribution in [3.05, 3.63) is 0 Å². The Morgan fingerprint density at radius 3 is 1.71 bits per heavy atom. The maximum atomic E-state index is 13.4. The van der Waals surface area contributed by atoms with E-state index in [0.29, 0.717) is 19.4 Å². The summed E-state index contributed by atoms with van der Waals surface area (Å²) >= 11 is 3.95. The van der Waals surface area contributed by atoms with Crippen molar-refractivity contribution in [2.75, 3.05) is 18.8 Å². The van der Waals surface area contributed by atoms with Crippen LogP contribution in [0.5, 0.6) is 0 Å². The van der Waals surface area contributed by atoms with E-state index in [9.17, 15) is 33.9 Å². The molecular formula is C27H52N10O7S. The van der Waals surface area contributed by atoms with Crippen LogP contribution in [0, 0.1) is 11.3 Å². The molecule has 0 bridgehead atoms. The molecule has 0 aromatic heterocycles. The highest BCUT2D eigenvalue weighted by molar-refractivity contribution is 7.80. The predicted octanol–water partition coefficient (Wildman–Crippen LogP) is -2.77. The van der Waals surface area contributed by atoms with Crippen LogP contribution in [0.15, 0.2) is 0 Å². The number of carbonyl (C=O) groups excluding carboxylic acids is 5. The van der Waals surface area contributed by atoms with Crippen molar-refractivity contribution < 1.29 is 33.9 Å². The molecule has 0 radical (unpaired) electrons. The fourth-order valence-electron chi connectivity index (χ4n) is 3.97. The summed E-state index contributed by atoms with van der Waals surface area (Å²) in [5.41, 5.74) is 16.4. The van der Waals surface area contributed by atoms with Gasteiger partial charge in [0.05, 0.1) is 6.04 Å². The van der Waals surface area contributed by atoms with E-state index in [-0.39, 0.29) is 49.9 Å². The first-order valence-corrected chi connectivity index (χ1v) is 15.6. The summed E-state index contributed by atoms with van der Waals surface area (Å²) in [6.07, 6.45) is 1.97. The van der Waals surface area contributed by atoms with Gasteiger partial charge in [-0.15, -0.1) is 0 Å². The number of thiol groups is 1. The van der Waals surface area contributed by atoms with Crippen molar-refractivity contribution in [3.8, 4) is 0 Å². The number of nitrogens with one attached hydrogen (secondary N) is 7. The molecule has 0 aliphatic rings. The first-order valence-electron chi connectivity index (χ1n) is 14.9. The summed E-state index contributed by atoms with van der Waals surface area (Å²) in [5, 5.41) is 31.8. The summed E-state index contributed by atoms with van der Waals surface area (Å²) < 4.78 is 0. The van der Waals surface area contributed by atoms with Crippen LogP contribution in [-0.2, 0) is 28.8 Å². The highest BCUT2D eigenvalue weighted by Crippen LogP contribution is 2.08. The second-order valence-corrected chi connectivity index (χ2v) is 11.5. The molecule has 14 N–H and O–H groups in total. The Bertz CT molecular complexity index is 1010. The number of carbonyl (C=O) groups is 6. The third kappa shape index (κ3) is 17.4. The van der Waals surface area contributed by atoms with Gasteiger partial charge in [0.15, 0.2) is 5.96 Å². The monoisotopic (exact) mass is 660 g/mol. The van der Waals surface area contributed by atoms with Gasteiger partial charge in [-0.3, -0.25) is 29.4 Å². The molecule has 18 heteroatoms. The quantitative estimate of drug-likeness (QED) is 0.0244. The molecule has 0 fully saturated rings. The minimum atomic E-state index is -1.30. The molecule has 0 aliphatic heterocycles. The van der Waals surface area contributed by atoms with E-state index < -0.39 is 71.8 Å². The van der Waals surface area contributed by atoms with Crippen LogP contribution in [0.2, 0.25) is 0 Å². The summed E-state index contributed by atoms with van der Waals surface area (Å²) in [4.78, 5) is 76.0. The van der Waals surface area contributed by atoms with E-state index in [1.165, 1.54) is 13.8 Å². The molecule has 0 aromatic rings. The highest BCUT2D eigenvalue weighted by Gasteiger charge is 2.31. The fourth-order valence-corrected chi connectivity index (χ4v) is 4.22. The molecule has 6 atom stereocenters. The number of rotatable bonds is 22. The van der Waals surface area contributed by atoms with Crippen molar-refractivity contribution in [2.45, 2.75) is 102 Å². The Balaban J connectivity index is 5.72. The summed E-state index contributed by atoms with van der Waals surface area (Å²) in [6.45, 7) is 7.16. The molecule has 0 heterocycles. The van der Waals surface area contributed by atoms with Gasteiger partial charge in [0.2, 0.25) is 29.5 Å². The number of carboxylic acids is 1. The maximum absolute atomic E-state index is 13.4. The van der Waals surface area contributed by atoms with E-state index in [0.717, 1.165) is 0 Å².